The zero-order valence-corrected chi connectivity index (χ0v) is 13.3. The Morgan fingerprint density at radius 2 is 2.15 bits per heavy atom. The molecule has 1 aromatic heterocycles. The summed E-state index contributed by atoms with van der Waals surface area (Å²) in [5.74, 6) is 0.692. The van der Waals surface area contributed by atoms with Gasteiger partial charge in [0.25, 0.3) is 0 Å². The molecule has 1 aromatic rings. The molecule has 0 bridgehead atoms. The van der Waals surface area contributed by atoms with Crippen LogP contribution in [0.5, 0.6) is 0 Å². The lowest BCUT2D eigenvalue weighted by atomic mass is 10.2. The van der Waals surface area contributed by atoms with Gasteiger partial charge >= 0.3 is 6.09 Å². The van der Waals surface area contributed by atoms with Gasteiger partial charge in [0.05, 0.1) is 11.8 Å². The van der Waals surface area contributed by atoms with Gasteiger partial charge in [0.1, 0.15) is 11.4 Å². The molecule has 1 unspecified atom stereocenters. The van der Waals surface area contributed by atoms with Crippen molar-refractivity contribution in [3.8, 4) is 0 Å². The van der Waals surface area contributed by atoms with Crippen molar-refractivity contribution in [3.63, 3.8) is 0 Å². The molecule has 0 saturated heterocycles. The summed E-state index contributed by atoms with van der Waals surface area (Å²) in [4.78, 5) is 15.6. The summed E-state index contributed by atoms with van der Waals surface area (Å²) in [6.07, 6.45) is -1.19. The standard InChI is InChI=1S/C13H22ClN3O3/c1-8(18)10-11(14)16-9(2)17(10)7-6-15-12(19)20-13(3,4)5/h8,18H,6-7H2,1-5H3,(H,15,19). The molecule has 1 rings (SSSR count). The molecule has 114 valence electrons. The van der Waals surface area contributed by atoms with Crippen molar-refractivity contribution in [2.24, 2.45) is 0 Å². The predicted octanol–water partition coefficient (Wildman–Crippen LogP) is 2.42. The van der Waals surface area contributed by atoms with Gasteiger partial charge < -0.3 is 19.7 Å². The quantitative estimate of drug-likeness (QED) is 0.895. The molecule has 6 nitrogen and oxygen atoms in total. The van der Waals surface area contributed by atoms with E-state index in [-0.39, 0.29) is 5.15 Å². The van der Waals surface area contributed by atoms with Crippen molar-refractivity contribution in [1.82, 2.24) is 14.9 Å². The number of imidazole rings is 1. The number of aromatic nitrogens is 2. The molecule has 1 atom stereocenters. The summed E-state index contributed by atoms with van der Waals surface area (Å²) in [6.45, 7) is 9.66. The number of rotatable bonds is 4. The highest BCUT2D eigenvalue weighted by Gasteiger charge is 2.18. The second-order valence-corrected chi connectivity index (χ2v) is 5.95. The van der Waals surface area contributed by atoms with E-state index in [1.807, 2.05) is 0 Å². The van der Waals surface area contributed by atoms with Gasteiger partial charge in [-0.25, -0.2) is 9.78 Å². The summed E-state index contributed by atoms with van der Waals surface area (Å²) < 4.78 is 6.92. The molecular formula is C13H22ClN3O3. The van der Waals surface area contributed by atoms with E-state index in [2.05, 4.69) is 10.3 Å². The smallest absolute Gasteiger partial charge is 0.407 e. The van der Waals surface area contributed by atoms with Gasteiger partial charge in [0, 0.05) is 13.1 Å². The fraction of sp³-hybridized carbons (Fsp3) is 0.692. The number of alkyl carbamates (subject to hydrolysis) is 1. The van der Waals surface area contributed by atoms with E-state index in [0.29, 0.717) is 24.6 Å². The second-order valence-electron chi connectivity index (χ2n) is 5.59. The molecule has 0 spiro atoms. The van der Waals surface area contributed by atoms with Crippen molar-refractivity contribution in [2.45, 2.75) is 52.9 Å². The summed E-state index contributed by atoms with van der Waals surface area (Å²) in [6, 6.07) is 0. The van der Waals surface area contributed by atoms with E-state index < -0.39 is 17.8 Å². The molecule has 0 aliphatic rings. The third-order valence-corrected chi connectivity index (χ3v) is 2.83. The van der Waals surface area contributed by atoms with E-state index in [1.54, 1.807) is 39.2 Å². The SMILES string of the molecule is Cc1nc(Cl)c(C(C)O)n1CCNC(=O)OC(C)(C)C. The number of aryl methyl sites for hydroxylation is 1. The van der Waals surface area contributed by atoms with Gasteiger partial charge in [-0.3, -0.25) is 0 Å². The van der Waals surface area contributed by atoms with E-state index in [9.17, 15) is 9.90 Å². The monoisotopic (exact) mass is 303 g/mol. The molecule has 2 N–H and O–H groups in total. The van der Waals surface area contributed by atoms with Gasteiger partial charge in [0.2, 0.25) is 0 Å². The Labute approximate surface area is 124 Å². The van der Waals surface area contributed by atoms with Crippen molar-refractivity contribution in [2.75, 3.05) is 6.54 Å². The van der Waals surface area contributed by atoms with E-state index in [0.717, 1.165) is 0 Å². The highest BCUT2D eigenvalue weighted by atomic mass is 35.5. The Bertz CT molecular complexity index is 478. The molecule has 0 aliphatic heterocycles. The van der Waals surface area contributed by atoms with Crippen molar-refractivity contribution in [1.29, 1.82) is 0 Å². The first-order chi connectivity index (χ1) is 9.11. The minimum absolute atomic E-state index is 0.287. The van der Waals surface area contributed by atoms with Crippen LogP contribution in [0.4, 0.5) is 4.79 Å². The number of nitrogens with zero attached hydrogens (tertiary/aromatic N) is 2. The van der Waals surface area contributed by atoms with Crippen LogP contribution in [-0.4, -0.2) is 32.9 Å². The first kappa shape index (κ1) is 16.8. The van der Waals surface area contributed by atoms with Crippen LogP contribution in [0.25, 0.3) is 0 Å². The maximum Gasteiger partial charge on any atom is 0.407 e. The maximum absolute atomic E-state index is 11.5. The Morgan fingerprint density at radius 3 is 2.65 bits per heavy atom. The summed E-state index contributed by atoms with van der Waals surface area (Å²) in [5.41, 5.74) is 0.0264. The number of nitrogens with one attached hydrogen (secondary N) is 1. The number of aliphatic hydroxyl groups excluding tert-OH is 1. The van der Waals surface area contributed by atoms with Crippen LogP contribution < -0.4 is 5.32 Å². The average Bonchev–Trinajstić information content (AvgIpc) is 2.51. The Kier molecular flexibility index (Phi) is 5.42. The number of carbonyl (C=O) groups excluding carboxylic acids is 1. The van der Waals surface area contributed by atoms with Crippen molar-refractivity contribution in [3.05, 3.63) is 16.7 Å². The molecular weight excluding hydrogens is 282 g/mol. The Hall–Kier alpha value is -1.27. The van der Waals surface area contributed by atoms with Gasteiger partial charge in [-0.2, -0.15) is 0 Å². The normalized spacial score (nSPS) is 13.2. The number of amides is 1. The molecule has 0 radical (unpaired) electrons. The van der Waals surface area contributed by atoms with Crippen LogP contribution >= 0.6 is 11.6 Å². The van der Waals surface area contributed by atoms with Gasteiger partial charge in [-0.1, -0.05) is 11.6 Å². The number of halogens is 1. The van der Waals surface area contributed by atoms with Crippen LogP contribution in [0.2, 0.25) is 5.15 Å². The number of hydrogen-bond donors (Lipinski definition) is 2. The lowest BCUT2D eigenvalue weighted by Gasteiger charge is -2.20. The summed E-state index contributed by atoms with van der Waals surface area (Å²) in [5, 5.41) is 12.6. The van der Waals surface area contributed by atoms with E-state index >= 15 is 0 Å². The number of hydrogen-bond acceptors (Lipinski definition) is 4. The molecule has 0 aromatic carbocycles. The highest BCUT2D eigenvalue weighted by Crippen LogP contribution is 2.23. The second kappa shape index (κ2) is 6.45. The fourth-order valence-electron chi connectivity index (χ4n) is 1.81. The zero-order valence-electron chi connectivity index (χ0n) is 12.5. The molecule has 0 saturated carbocycles. The average molecular weight is 304 g/mol. The molecule has 7 heteroatoms. The van der Waals surface area contributed by atoms with Crippen LogP contribution in [-0.2, 0) is 11.3 Å². The molecule has 0 fully saturated rings. The third kappa shape index (κ3) is 4.68. The van der Waals surface area contributed by atoms with Gasteiger partial charge in [-0.15, -0.1) is 0 Å². The van der Waals surface area contributed by atoms with Crippen LogP contribution in [0.3, 0.4) is 0 Å². The van der Waals surface area contributed by atoms with Crippen LogP contribution in [0.1, 0.15) is 45.3 Å². The topological polar surface area (TPSA) is 76.4 Å². The number of aliphatic hydroxyl groups is 1. The lowest BCUT2D eigenvalue weighted by molar-refractivity contribution is 0.0525. The van der Waals surface area contributed by atoms with Crippen LogP contribution in [0.15, 0.2) is 0 Å². The Balaban J connectivity index is 2.61. The lowest BCUT2D eigenvalue weighted by Crippen LogP contribution is -2.34. The Morgan fingerprint density at radius 1 is 1.55 bits per heavy atom. The van der Waals surface area contributed by atoms with Gasteiger partial charge in [0.15, 0.2) is 5.15 Å². The van der Waals surface area contributed by atoms with Crippen molar-refractivity contribution >= 4 is 17.7 Å². The maximum atomic E-state index is 11.5. The van der Waals surface area contributed by atoms with Gasteiger partial charge in [-0.05, 0) is 34.6 Å². The van der Waals surface area contributed by atoms with Crippen LogP contribution in [0, 0.1) is 6.92 Å². The molecule has 20 heavy (non-hydrogen) atoms. The minimum atomic E-state index is -0.717. The third-order valence-electron chi connectivity index (χ3n) is 2.55. The first-order valence-electron chi connectivity index (χ1n) is 6.49. The van der Waals surface area contributed by atoms with E-state index in [4.69, 9.17) is 16.3 Å². The fourth-order valence-corrected chi connectivity index (χ4v) is 2.19. The predicted molar refractivity (Wildman–Crippen MR) is 76.8 cm³/mol. The minimum Gasteiger partial charge on any atom is -0.444 e. The first-order valence-corrected chi connectivity index (χ1v) is 6.87. The zero-order chi connectivity index (χ0) is 15.5. The number of carbonyl (C=O) groups is 1. The molecule has 1 amide bonds. The highest BCUT2D eigenvalue weighted by molar-refractivity contribution is 6.30. The summed E-state index contributed by atoms with van der Waals surface area (Å²) in [7, 11) is 0. The number of ether oxygens (including phenoxy) is 1. The van der Waals surface area contributed by atoms with E-state index in [1.165, 1.54) is 0 Å². The molecule has 0 aliphatic carbocycles. The van der Waals surface area contributed by atoms with Crippen molar-refractivity contribution < 1.29 is 14.6 Å². The largest absolute Gasteiger partial charge is 0.444 e. The summed E-state index contributed by atoms with van der Waals surface area (Å²) >= 11 is 5.97. The molecule has 1 heterocycles.